The minimum atomic E-state index is -2.88. The monoisotopic (exact) mass is 264 g/mol. The fourth-order valence-corrected chi connectivity index (χ4v) is 2.23. The summed E-state index contributed by atoms with van der Waals surface area (Å²) in [7, 11) is 0. The van der Waals surface area contributed by atoms with Gasteiger partial charge >= 0.3 is 6.55 Å². The van der Waals surface area contributed by atoms with Gasteiger partial charge in [-0.15, -0.1) is 0 Å². The molecule has 1 N–H and O–H groups in total. The Kier molecular flexibility index (Phi) is 4.66. The molecule has 0 radical (unpaired) electrons. The van der Waals surface area contributed by atoms with Gasteiger partial charge in [-0.25, -0.2) is 0 Å². The zero-order chi connectivity index (χ0) is 14.1. The van der Waals surface area contributed by atoms with Crippen LogP contribution in [0.2, 0.25) is 0 Å². The molecule has 0 aromatic heterocycles. The highest BCUT2D eigenvalue weighted by molar-refractivity contribution is 5.86. The first-order valence-corrected chi connectivity index (χ1v) is 6.26. The van der Waals surface area contributed by atoms with Crippen molar-refractivity contribution in [2.45, 2.75) is 58.3 Å². The topological polar surface area (TPSA) is 43.8 Å². The Bertz CT molecular complexity index is 302. The van der Waals surface area contributed by atoms with Gasteiger partial charge in [0.1, 0.15) is 0 Å². The standard InChI is InChI=1S/C12H22F2N2O2/c1-8(2)15-6-5-12(18,7-15)10(17)16(9(3)4)11(13)14/h8-9,11,18H,5-7H2,1-4H3. The summed E-state index contributed by atoms with van der Waals surface area (Å²) >= 11 is 0. The summed E-state index contributed by atoms with van der Waals surface area (Å²) in [6.45, 7) is 4.72. The predicted molar refractivity (Wildman–Crippen MR) is 64.3 cm³/mol. The molecule has 1 saturated heterocycles. The van der Waals surface area contributed by atoms with Crippen LogP contribution in [0, 0.1) is 0 Å². The number of amides is 1. The van der Waals surface area contributed by atoms with Crippen molar-refractivity contribution < 1.29 is 18.7 Å². The van der Waals surface area contributed by atoms with Gasteiger partial charge in [0.05, 0.1) is 0 Å². The first-order chi connectivity index (χ1) is 8.19. The number of hydrogen-bond donors (Lipinski definition) is 1. The van der Waals surface area contributed by atoms with Crippen molar-refractivity contribution in [3.05, 3.63) is 0 Å². The maximum absolute atomic E-state index is 12.9. The van der Waals surface area contributed by atoms with E-state index in [0.717, 1.165) is 0 Å². The summed E-state index contributed by atoms with van der Waals surface area (Å²) in [4.78, 5) is 14.5. The number of alkyl halides is 2. The lowest BCUT2D eigenvalue weighted by Gasteiger charge is -2.33. The second-order valence-corrected chi connectivity index (χ2v) is 5.43. The molecule has 0 spiro atoms. The Balaban J connectivity index is 2.83. The van der Waals surface area contributed by atoms with Gasteiger partial charge in [0.15, 0.2) is 5.60 Å². The van der Waals surface area contributed by atoms with Gasteiger partial charge in [-0.05, 0) is 34.1 Å². The second kappa shape index (κ2) is 5.48. The number of carbonyl (C=O) groups is 1. The molecular formula is C12H22F2N2O2. The number of rotatable bonds is 4. The summed E-state index contributed by atoms with van der Waals surface area (Å²) in [5.41, 5.74) is -1.68. The summed E-state index contributed by atoms with van der Waals surface area (Å²) in [5.74, 6) is -0.865. The van der Waals surface area contributed by atoms with E-state index in [9.17, 15) is 18.7 Å². The molecule has 0 bridgehead atoms. The Labute approximate surface area is 107 Å². The van der Waals surface area contributed by atoms with Gasteiger partial charge in [0, 0.05) is 25.2 Å². The van der Waals surface area contributed by atoms with Crippen molar-refractivity contribution in [3.63, 3.8) is 0 Å². The molecule has 0 aromatic carbocycles. The molecule has 0 saturated carbocycles. The number of nitrogens with zero attached hydrogens (tertiary/aromatic N) is 2. The SMILES string of the molecule is CC(C)N1CCC(O)(C(=O)N(C(C)C)C(F)F)C1. The highest BCUT2D eigenvalue weighted by Gasteiger charge is 2.47. The zero-order valence-corrected chi connectivity index (χ0v) is 11.4. The molecule has 18 heavy (non-hydrogen) atoms. The highest BCUT2D eigenvalue weighted by Crippen LogP contribution is 2.27. The molecule has 4 nitrogen and oxygen atoms in total. The average molecular weight is 264 g/mol. The van der Waals surface area contributed by atoms with Gasteiger partial charge in [-0.3, -0.25) is 14.6 Å². The molecule has 1 heterocycles. The lowest BCUT2D eigenvalue weighted by molar-refractivity contribution is -0.167. The minimum Gasteiger partial charge on any atom is -0.379 e. The maximum Gasteiger partial charge on any atom is 0.317 e. The quantitative estimate of drug-likeness (QED) is 0.778. The van der Waals surface area contributed by atoms with Crippen molar-refractivity contribution in [1.29, 1.82) is 0 Å². The molecule has 1 atom stereocenters. The molecule has 1 aliphatic heterocycles. The van der Waals surface area contributed by atoms with Gasteiger partial charge in [0.2, 0.25) is 0 Å². The third-order valence-corrected chi connectivity index (χ3v) is 3.41. The first-order valence-electron chi connectivity index (χ1n) is 6.26. The number of likely N-dealkylation sites (tertiary alicyclic amines) is 1. The van der Waals surface area contributed by atoms with Gasteiger partial charge in [-0.1, -0.05) is 0 Å². The largest absolute Gasteiger partial charge is 0.379 e. The normalized spacial score (nSPS) is 25.4. The van der Waals surface area contributed by atoms with Crippen molar-refractivity contribution >= 4 is 5.91 Å². The molecule has 0 aromatic rings. The van der Waals surface area contributed by atoms with Crippen LogP contribution in [0.5, 0.6) is 0 Å². The fourth-order valence-electron chi connectivity index (χ4n) is 2.23. The fraction of sp³-hybridized carbons (Fsp3) is 0.917. The van der Waals surface area contributed by atoms with E-state index in [1.807, 2.05) is 18.7 Å². The Hall–Kier alpha value is -0.750. The lowest BCUT2D eigenvalue weighted by atomic mass is 10.0. The van der Waals surface area contributed by atoms with E-state index in [-0.39, 0.29) is 19.0 Å². The van der Waals surface area contributed by atoms with E-state index in [2.05, 4.69) is 0 Å². The van der Waals surface area contributed by atoms with Crippen LogP contribution in [0.1, 0.15) is 34.1 Å². The second-order valence-electron chi connectivity index (χ2n) is 5.43. The molecular weight excluding hydrogens is 242 g/mol. The average Bonchev–Trinajstić information content (AvgIpc) is 2.61. The van der Waals surface area contributed by atoms with Crippen molar-refractivity contribution in [2.75, 3.05) is 13.1 Å². The summed E-state index contributed by atoms with van der Waals surface area (Å²) in [6, 6.07) is -0.444. The maximum atomic E-state index is 12.9. The van der Waals surface area contributed by atoms with E-state index in [0.29, 0.717) is 11.4 Å². The van der Waals surface area contributed by atoms with E-state index in [4.69, 9.17) is 0 Å². The zero-order valence-electron chi connectivity index (χ0n) is 11.4. The molecule has 1 fully saturated rings. The third kappa shape index (κ3) is 2.98. The van der Waals surface area contributed by atoms with Crippen LogP contribution >= 0.6 is 0 Å². The smallest absolute Gasteiger partial charge is 0.317 e. The van der Waals surface area contributed by atoms with Crippen LogP contribution in [0.25, 0.3) is 0 Å². The molecule has 0 aliphatic carbocycles. The van der Waals surface area contributed by atoms with Crippen molar-refractivity contribution in [3.8, 4) is 0 Å². The number of hydrogen-bond acceptors (Lipinski definition) is 3. The summed E-state index contributed by atoms with van der Waals surface area (Å²) < 4.78 is 25.7. The molecule has 1 amide bonds. The molecule has 1 rings (SSSR count). The Morgan fingerprint density at radius 2 is 1.89 bits per heavy atom. The van der Waals surface area contributed by atoms with Crippen molar-refractivity contribution in [1.82, 2.24) is 9.80 Å². The highest BCUT2D eigenvalue weighted by atomic mass is 19.3. The molecule has 106 valence electrons. The number of carbonyl (C=O) groups excluding carboxylic acids is 1. The minimum absolute atomic E-state index is 0.124. The molecule has 1 aliphatic rings. The number of aliphatic hydroxyl groups is 1. The first kappa shape index (κ1) is 15.3. The van der Waals surface area contributed by atoms with Crippen LogP contribution in [0.3, 0.4) is 0 Å². The van der Waals surface area contributed by atoms with E-state index in [1.165, 1.54) is 13.8 Å². The van der Waals surface area contributed by atoms with E-state index in [1.54, 1.807) is 0 Å². The Morgan fingerprint density at radius 1 is 1.33 bits per heavy atom. The van der Waals surface area contributed by atoms with Gasteiger partial charge in [-0.2, -0.15) is 8.78 Å². The van der Waals surface area contributed by atoms with Crippen molar-refractivity contribution in [2.24, 2.45) is 0 Å². The van der Waals surface area contributed by atoms with Crippen LogP contribution < -0.4 is 0 Å². The van der Waals surface area contributed by atoms with Crippen LogP contribution in [-0.2, 0) is 4.79 Å². The third-order valence-electron chi connectivity index (χ3n) is 3.41. The van der Waals surface area contributed by atoms with Crippen LogP contribution in [0.4, 0.5) is 8.78 Å². The Morgan fingerprint density at radius 3 is 2.22 bits per heavy atom. The van der Waals surface area contributed by atoms with E-state index >= 15 is 0 Å². The van der Waals surface area contributed by atoms with Gasteiger partial charge < -0.3 is 5.11 Å². The summed E-state index contributed by atoms with van der Waals surface area (Å²) in [5, 5.41) is 10.3. The number of halogens is 2. The lowest BCUT2D eigenvalue weighted by Crippen LogP contribution is -2.54. The molecule has 1 unspecified atom stereocenters. The number of β-amino-alcohol motifs (C(OH)–C–C–N with tert-alkyl or cyclic N) is 1. The molecule has 6 heteroatoms. The predicted octanol–water partition coefficient (Wildman–Crippen LogP) is 1.29. The summed E-state index contributed by atoms with van der Waals surface area (Å²) in [6.07, 6.45) is 0.208. The van der Waals surface area contributed by atoms with E-state index < -0.39 is 24.1 Å². The van der Waals surface area contributed by atoms with Crippen LogP contribution in [-0.4, -0.2) is 58.1 Å². The van der Waals surface area contributed by atoms with Gasteiger partial charge in [0.25, 0.3) is 5.91 Å². The van der Waals surface area contributed by atoms with Crippen LogP contribution in [0.15, 0.2) is 0 Å².